The highest BCUT2D eigenvalue weighted by molar-refractivity contribution is 6.39. The van der Waals surface area contributed by atoms with E-state index >= 15 is 0 Å². The molecule has 1 amide bonds. The molecule has 2 heterocycles. The Bertz CT molecular complexity index is 1090. The van der Waals surface area contributed by atoms with E-state index in [0.717, 1.165) is 26.2 Å². The lowest BCUT2D eigenvalue weighted by molar-refractivity contribution is 0.0781. The van der Waals surface area contributed by atoms with Gasteiger partial charge in [0.2, 0.25) is 0 Å². The molecule has 0 aromatic heterocycles. The lowest BCUT2D eigenvalue weighted by Gasteiger charge is -2.34. The van der Waals surface area contributed by atoms with E-state index in [4.69, 9.17) is 23.2 Å². The van der Waals surface area contributed by atoms with E-state index in [9.17, 15) is 4.79 Å². The third-order valence-electron chi connectivity index (χ3n) is 7.48. The minimum Gasteiger partial charge on any atom is -0.338 e. The number of likely N-dealkylation sites (tertiary alicyclic amines) is 2. The Morgan fingerprint density at radius 1 is 0.765 bits per heavy atom. The molecule has 0 spiro atoms. The summed E-state index contributed by atoms with van der Waals surface area (Å²) in [5.41, 5.74) is 3.17. The molecule has 2 saturated heterocycles. The predicted octanol–water partition coefficient (Wildman–Crippen LogP) is 6.73. The van der Waals surface area contributed by atoms with Gasteiger partial charge >= 0.3 is 0 Å². The van der Waals surface area contributed by atoms with Crippen LogP contribution in [0.15, 0.2) is 78.9 Å². The highest BCUT2D eigenvalue weighted by Gasteiger charge is 2.38. The van der Waals surface area contributed by atoms with Gasteiger partial charge in [0.05, 0.1) is 15.6 Å². The van der Waals surface area contributed by atoms with Crippen molar-refractivity contribution in [3.8, 4) is 0 Å². The second kappa shape index (κ2) is 10.5. The number of rotatable bonds is 5. The van der Waals surface area contributed by atoms with Crippen LogP contribution >= 0.6 is 23.2 Å². The molecule has 0 saturated carbocycles. The number of carbonyl (C=O) groups excluding carboxylic acids is 1. The fourth-order valence-electron chi connectivity index (χ4n) is 5.67. The maximum atomic E-state index is 13.4. The van der Waals surface area contributed by atoms with E-state index in [2.05, 4.69) is 59.5 Å². The van der Waals surface area contributed by atoms with E-state index in [0.29, 0.717) is 39.9 Å². The molecular formula is C29H30Cl2N2O. The van der Waals surface area contributed by atoms with Crippen molar-refractivity contribution in [1.82, 2.24) is 9.80 Å². The zero-order chi connectivity index (χ0) is 23.5. The van der Waals surface area contributed by atoms with Crippen LogP contribution in [0.1, 0.15) is 46.2 Å². The third-order valence-corrected chi connectivity index (χ3v) is 8.11. The number of piperidine rings is 1. The molecule has 5 heteroatoms. The van der Waals surface area contributed by atoms with Gasteiger partial charge in [-0.1, -0.05) is 89.9 Å². The number of hydrogen-bond donors (Lipinski definition) is 0. The van der Waals surface area contributed by atoms with E-state index in [-0.39, 0.29) is 5.91 Å². The van der Waals surface area contributed by atoms with E-state index in [1.807, 2.05) is 11.0 Å². The quantitative estimate of drug-likeness (QED) is 0.394. The smallest absolute Gasteiger partial charge is 0.256 e. The number of benzene rings is 3. The van der Waals surface area contributed by atoms with Crippen LogP contribution in [-0.2, 0) is 0 Å². The molecule has 2 aliphatic rings. The number of halogens is 2. The molecule has 2 unspecified atom stereocenters. The fourth-order valence-corrected chi connectivity index (χ4v) is 6.23. The van der Waals surface area contributed by atoms with Crippen LogP contribution < -0.4 is 0 Å². The van der Waals surface area contributed by atoms with Gasteiger partial charge < -0.3 is 9.80 Å². The Morgan fingerprint density at radius 3 is 1.97 bits per heavy atom. The number of nitrogens with zero attached hydrogens (tertiary/aromatic N) is 2. The van der Waals surface area contributed by atoms with Crippen molar-refractivity contribution in [3.05, 3.63) is 106 Å². The Morgan fingerprint density at radius 2 is 1.35 bits per heavy atom. The summed E-state index contributed by atoms with van der Waals surface area (Å²) in [5, 5.41) is 0.834. The Balaban J connectivity index is 1.30. The summed E-state index contributed by atoms with van der Waals surface area (Å²) in [7, 11) is 0. The van der Waals surface area contributed by atoms with Crippen LogP contribution in [0, 0.1) is 5.92 Å². The second-order valence-electron chi connectivity index (χ2n) is 9.57. The predicted molar refractivity (Wildman–Crippen MR) is 140 cm³/mol. The van der Waals surface area contributed by atoms with Crippen LogP contribution in [-0.4, -0.2) is 48.4 Å². The Hall–Kier alpha value is -2.33. The van der Waals surface area contributed by atoms with Crippen LogP contribution in [0.4, 0.5) is 0 Å². The Kier molecular flexibility index (Phi) is 7.24. The topological polar surface area (TPSA) is 23.6 Å². The first-order valence-electron chi connectivity index (χ1n) is 12.2. The van der Waals surface area contributed by atoms with Gasteiger partial charge in [0.15, 0.2) is 0 Å². The van der Waals surface area contributed by atoms with Gasteiger partial charge in [-0.2, -0.15) is 0 Å². The summed E-state index contributed by atoms with van der Waals surface area (Å²) in [6.45, 7) is 4.61. The van der Waals surface area contributed by atoms with Crippen molar-refractivity contribution in [2.45, 2.75) is 24.7 Å². The number of hydrogen-bond acceptors (Lipinski definition) is 2. The average molecular weight is 493 g/mol. The van der Waals surface area contributed by atoms with Crippen molar-refractivity contribution in [2.75, 3.05) is 32.7 Å². The minimum absolute atomic E-state index is 0.0678. The average Bonchev–Trinajstić information content (AvgIpc) is 3.29. The summed E-state index contributed by atoms with van der Waals surface area (Å²) in [6.07, 6.45) is 2.37. The first-order chi connectivity index (χ1) is 16.6. The van der Waals surface area contributed by atoms with Crippen molar-refractivity contribution < 1.29 is 4.79 Å². The molecule has 2 aliphatic heterocycles. The largest absolute Gasteiger partial charge is 0.338 e. The van der Waals surface area contributed by atoms with Gasteiger partial charge in [-0.05, 0) is 61.0 Å². The molecule has 0 radical (unpaired) electrons. The molecule has 176 valence electrons. The molecule has 3 aromatic carbocycles. The van der Waals surface area contributed by atoms with E-state index in [1.165, 1.54) is 24.0 Å². The molecule has 34 heavy (non-hydrogen) atoms. The minimum atomic E-state index is -0.0678. The van der Waals surface area contributed by atoms with Crippen molar-refractivity contribution >= 4 is 29.1 Å². The van der Waals surface area contributed by atoms with E-state index < -0.39 is 0 Å². The molecule has 0 aliphatic carbocycles. The van der Waals surface area contributed by atoms with Crippen molar-refractivity contribution in [3.63, 3.8) is 0 Å². The van der Waals surface area contributed by atoms with Gasteiger partial charge in [0.1, 0.15) is 0 Å². The van der Waals surface area contributed by atoms with Crippen LogP contribution in [0.3, 0.4) is 0 Å². The second-order valence-corrected chi connectivity index (χ2v) is 10.4. The van der Waals surface area contributed by atoms with Gasteiger partial charge in [-0.25, -0.2) is 0 Å². The standard InChI is InChI=1S/C29H30Cl2N2O/c30-26-12-7-13-27(31)28(26)29(34)33-19-24(25(20-33)23-10-5-2-6-11-23)18-32-16-14-22(15-17-32)21-8-3-1-4-9-21/h1-13,22,24-25H,14-20H2. The lowest BCUT2D eigenvalue weighted by atomic mass is 9.86. The lowest BCUT2D eigenvalue weighted by Crippen LogP contribution is -2.38. The highest BCUT2D eigenvalue weighted by atomic mass is 35.5. The van der Waals surface area contributed by atoms with Crippen LogP contribution in [0.5, 0.6) is 0 Å². The van der Waals surface area contributed by atoms with Crippen LogP contribution in [0.2, 0.25) is 10.0 Å². The zero-order valence-electron chi connectivity index (χ0n) is 19.2. The van der Waals surface area contributed by atoms with Gasteiger partial charge in [0.25, 0.3) is 5.91 Å². The molecule has 5 rings (SSSR count). The SMILES string of the molecule is O=C(c1c(Cl)cccc1Cl)N1CC(CN2CCC(c3ccccc3)CC2)C(c2ccccc2)C1. The van der Waals surface area contributed by atoms with Gasteiger partial charge in [0, 0.05) is 25.6 Å². The summed E-state index contributed by atoms with van der Waals surface area (Å²) in [6, 6.07) is 26.7. The first kappa shape index (κ1) is 23.4. The molecule has 3 nitrogen and oxygen atoms in total. The molecule has 2 atom stereocenters. The molecular weight excluding hydrogens is 463 g/mol. The summed E-state index contributed by atoms with van der Waals surface area (Å²) in [4.78, 5) is 18.0. The highest BCUT2D eigenvalue weighted by Crippen LogP contribution is 2.37. The fraction of sp³-hybridized carbons (Fsp3) is 0.345. The molecule has 0 N–H and O–H groups in total. The summed E-state index contributed by atoms with van der Waals surface area (Å²) in [5.74, 6) is 1.26. The monoisotopic (exact) mass is 492 g/mol. The zero-order valence-corrected chi connectivity index (χ0v) is 20.8. The van der Waals surface area contributed by atoms with Gasteiger partial charge in [-0.15, -0.1) is 0 Å². The van der Waals surface area contributed by atoms with Crippen LogP contribution in [0.25, 0.3) is 0 Å². The van der Waals surface area contributed by atoms with Crippen molar-refractivity contribution in [1.29, 1.82) is 0 Å². The maximum absolute atomic E-state index is 13.4. The molecule has 0 bridgehead atoms. The first-order valence-corrected chi connectivity index (χ1v) is 12.9. The maximum Gasteiger partial charge on any atom is 0.256 e. The number of carbonyl (C=O) groups is 1. The number of amides is 1. The normalized spacial score (nSPS) is 21.6. The van der Waals surface area contributed by atoms with Crippen molar-refractivity contribution in [2.24, 2.45) is 5.92 Å². The molecule has 2 fully saturated rings. The summed E-state index contributed by atoms with van der Waals surface area (Å²) < 4.78 is 0. The van der Waals surface area contributed by atoms with E-state index in [1.54, 1.807) is 18.2 Å². The summed E-state index contributed by atoms with van der Waals surface area (Å²) >= 11 is 12.7. The Labute approximate surface area is 212 Å². The van der Waals surface area contributed by atoms with Gasteiger partial charge in [-0.3, -0.25) is 4.79 Å². The third kappa shape index (κ3) is 5.02. The molecule has 3 aromatic rings.